The molecular formula is C14H18N4. The van der Waals surface area contributed by atoms with E-state index in [1.54, 1.807) is 0 Å². The molecule has 0 heterocycles. The molecule has 1 aromatic rings. The zero-order valence-electron chi connectivity index (χ0n) is 10.3. The van der Waals surface area contributed by atoms with Crippen LogP contribution in [0.2, 0.25) is 0 Å². The van der Waals surface area contributed by atoms with Crippen molar-refractivity contribution < 1.29 is 0 Å². The van der Waals surface area contributed by atoms with E-state index in [9.17, 15) is 0 Å². The minimum atomic E-state index is 0.0451. The molecular weight excluding hydrogens is 224 g/mol. The van der Waals surface area contributed by atoms with Gasteiger partial charge in [-0.3, -0.25) is 0 Å². The maximum Gasteiger partial charge on any atom is 0.211 e. The van der Waals surface area contributed by atoms with Crippen LogP contribution in [0.15, 0.2) is 34.5 Å². The molecule has 2 aliphatic rings. The van der Waals surface area contributed by atoms with Crippen molar-refractivity contribution in [1.29, 1.82) is 0 Å². The van der Waals surface area contributed by atoms with Gasteiger partial charge >= 0.3 is 0 Å². The molecule has 3 rings (SSSR count). The molecule has 94 valence electrons. The van der Waals surface area contributed by atoms with Gasteiger partial charge in [0.05, 0.1) is 0 Å². The topological polar surface area (TPSA) is 76.8 Å². The minimum Gasteiger partial charge on any atom is -0.369 e. The summed E-state index contributed by atoms with van der Waals surface area (Å²) in [7, 11) is 0. The number of nitrogens with two attached hydrogens (primary N) is 2. The first-order valence-corrected chi connectivity index (χ1v) is 6.47. The second-order valence-electron chi connectivity index (χ2n) is 5.20. The third-order valence-electron chi connectivity index (χ3n) is 4.03. The molecule has 1 aromatic carbocycles. The Labute approximate surface area is 107 Å². The predicted octanol–water partition coefficient (Wildman–Crippen LogP) is 1.44. The molecule has 0 spiro atoms. The van der Waals surface area contributed by atoms with Gasteiger partial charge in [0.25, 0.3) is 0 Å². The Bertz CT molecular complexity index is 479. The van der Waals surface area contributed by atoms with E-state index in [1.807, 2.05) is 0 Å². The summed E-state index contributed by atoms with van der Waals surface area (Å²) in [5.41, 5.74) is 14.8. The SMILES string of the molecule is NC(N)=NN=C1C2CCC1Cc1ccccc1C2. The van der Waals surface area contributed by atoms with Gasteiger partial charge < -0.3 is 11.5 Å². The first-order valence-electron chi connectivity index (χ1n) is 6.47. The van der Waals surface area contributed by atoms with Crippen molar-refractivity contribution in [1.82, 2.24) is 0 Å². The normalized spacial score (nSPS) is 25.2. The number of rotatable bonds is 1. The van der Waals surface area contributed by atoms with Crippen molar-refractivity contribution in [2.45, 2.75) is 25.7 Å². The van der Waals surface area contributed by atoms with Gasteiger partial charge in [-0.2, -0.15) is 5.10 Å². The Balaban J connectivity index is 1.95. The van der Waals surface area contributed by atoms with Crippen molar-refractivity contribution in [2.24, 2.45) is 33.5 Å². The summed E-state index contributed by atoms with van der Waals surface area (Å²) >= 11 is 0. The molecule has 4 N–H and O–H groups in total. The summed E-state index contributed by atoms with van der Waals surface area (Å²) in [6.07, 6.45) is 4.56. The molecule has 2 unspecified atom stereocenters. The highest BCUT2D eigenvalue weighted by atomic mass is 15.3. The van der Waals surface area contributed by atoms with Crippen molar-refractivity contribution in [3.05, 3.63) is 35.4 Å². The summed E-state index contributed by atoms with van der Waals surface area (Å²) in [5, 5.41) is 8.16. The fourth-order valence-electron chi connectivity index (χ4n) is 3.21. The van der Waals surface area contributed by atoms with Crippen LogP contribution in [0.4, 0.5) is 0 Å². The molecule has 0 radical (unpaired) electrons. The van der Waals surface area contributed by atoms with Crippen LogP contribution < -0.4 is 11.5 Å². The summed E-state index contributed by atoms with van der Waals surface area (Å²) in [6.45, 7) is 0. The van der Waals surface area contributed by atoms with Crippen molar-refractivity contribution in [2.75, 3.05) is 0 Å². The molecule has 0 saturated heterocycles. The van der Waals surface area contributed by atoms with Crippen LogP contribution in [-0.4, -0.2) is 11.7 Å². The zero-order valence-corrected chi connectivity index (χ0v) is 10.3. The standard InChI is InChI=1S/C14H18N4/c15-14(16)18-17-13-11-5-6-12(13)8-10-4-2-1-3-9(10)7-11/h1-4,11-12H,5-8H2,(H4,15,16,18). The van der Waals surface area contributed by atoms with E-state index < -0.39 is 0 Å². The predicted molar refractivity (Wildman–Crippen MR) is 73.3 cm³/mol. The average Bonchev–Trinajstić information content (AvgIpc) is 2.62. The first kappa shape index (κ1) is 11.3. The quantitative estimate of drug-likeness (QED) is 0.444. The number of hydrogen-bond acceptors (Lipinski definition) is 2. The maximum atomic E-state index is 5.36. The zero-order chi connectivity index (χ0) is 12.5. The first-order chi connectivity index (χ1) is 8.74. The van der Waals surface area contributed by atoms with E-state index in [-0.39, 0.29) is 5.96 Å². The Morgan fingerprint density at radius 1 is 1.00 bits per heavy atom. The lowest BCUT2D eigenvalue weighted by Gasteiger charge is -2.11. The number of guanidine groups is 1. The maximum absolute atomic E-state index is 5.36. The van der Waals surface area contributed by atoms with E-state index in [0.717, 1.165) is 12.8 Å². The molecule has 1 fully saturated rings. The second-order valence-corrected chi connectivity index (χ2v) is 5.20. The third kappa shape index (κ3) is 1.98. The number of hydrogen-bond donors (Lipinski definition) is 2. The van der Waals surface area contributed by atoms with Gasteiger partial charge in [0.1, 0.15) is 0 Å². The Kier molecular flexibility index (Phi) is 2.78. The molecule has 18 heavy (non-hydrogen) atoms. The van der Waals surface area contributed by atoms with Gasteiger partial charge in [0, 0.05) is 17.5 Å². The van der Waals surface area contributed by atoms with Crippen LogP contribution in [0.1, 0.15) is 24.0 Å². The number of benzene rings is 1. The van der Waals surface area contributed by atoms with E-state index in [0.29, 0.717) is 11.8 Å². The summed E-state index contributed by atoms with van der Waals surface area (Å²) in [5.74, 6) is 1.08. The van der Waals surface area contributed by atoms with Crippen LogP contribution in [0.5, 0.6) is 0 Å². The number of fused-ring (bicyclic) bond motifs is 3. The minimum absolute atomic E-state index is 0.0451. The van der Waals surface area contributed by atoms with Crippen LogP contribution in [0.25, 0.3) is 0 Å². The smallest absolute Gasteiger partial charge is 0.211 e. The molecule has 0 aromatic heterocycles. The highest BCUT2D eigenvalue weighted by Crippen LogP contribution is 2.37. The molecule has 2 atom stereocenters. The van der Waals surface area contributed by atoms with Crippen molar-refractivity contribution in [3.63, 3.8) is 0 Å². The summed E-state index contributed by atoms with van der Waals surface area (Å²) in [4.78, 5) is 0. The molecule has 4 nitrogen and oxygen atoms in total. The molecule has 2 bridgehead atoms. The van der Waals surface area contributed by atoms with Gasteiger partial charge in [-0.25, -0.2) is 0 Å². The summed E-state index contributed by atoms with van der Waals surface area (Å²) in [6, 6.07) is 8.69. The second kappa shape index (κ2) is 4.44. The van der Waals surface area contributed by atoms with Crippen LogP contribution in [0, 0.1) is 11.8 Å². The van der Waals surface area contributed by atoms with Gasteiger partial charge in [-0.15, -0.1) is 5.10 Å². The van der Waals surface area contributed by atoms with Crippen molar-refractivity contribution >= 4 is 11.7 Å². The Hall–Kier alpha value is -1.84. The fourth-order valence-corrected chi connectivity index (χ4v) is 3.21. The lowest BCUT2D eigenvalue weighted by atomic mass is 9.94. The average molecular weight is 242 g/mol. The van der Waals surface area contributed by atoms with E-state index >= 15 is 0 Å². The Morgan fingerprint density at radius 3 is 2.06 bits per heavy atom. The highest BCUT2D eigenvalue weighted by Gasteiger charge is 2.35. The third-order valence-corrected chi connectivity index (χ3v) is 4.03. The molecule has 0 amide bonds. The van der Waals surface area contributed by atoms with Gasteiger partial charge in [-0.1, -0.05) is 24.3 Å². The molecule has 0 aliphatic heterocycles. The van der Waals surface area contributed by atoms with Crippen molar-refractivity contribution in [3.8, 4) is 0 Å². The fraction of sp³-hybridized carbons (Fsp3) is 0.429. The molecule has 2 aliphatic carbocycles. The Morgan fingerprint density at radius 2 is 1.56 bits per heavy atom. The lowest BCUT2D eigenvalue weighted by Crippen LogP contribution is -2.23. The van der Waals surface area contributed by atoms with Crippen LogP contribution in [0.3, 0.4) is 0 Å². The van der Waals surface area contributed by atoms with Crippen LogP contribution >= 0.6 is 0 Å². The van der Waals surface area contributed by atoms with Gasteiger partial charge in [0.15, 0.2) is 0 Å². The summed E-state index contributed by atoms with van der Waals surface area (Å²) < 4.78 is 0. The molecule has 4 heteroatoms. The van der Waals surface area contributed by atoms with Gasteiger partial charge in [0.2, 0.25) is 5.96 Å². The number of nitrogens with zero attached hydrogens (tertiary/aromatic N) is 2. The van der Waals surface area contributed by atoms with E-state index in [1.165, 1.54) is 29.7 Å². The van der Waals surface area contributed by atoms with Crippen LogP contribution in [-0.2, 0) is 12.8 Å². The van der Waals surface area contributed by atoms with Gasteiger partial charge in [-0.05, 0) is 36.8 Å². The molecule has 1 saturated carbocycles. The monoisotopic (exact) mass is 242 g/mol. The lowest BCUT2D eigenvalue weighted by molar-refractivity contribution is 0.593. The van der Waals surface area contributed by atoms with E-state index in [2.05, 4.69) is 34.5 Å². The highest BCUT2D eigenvalue weighted by molar-refractivity contribution is 5.92. The largest absolute Gasteiger partial charge is 0.369 e. The van der Waals surface area contributed by atoms with E-state index in [4.69, 9.17) is 11.5 Å².